The average molecular weight is 371 g/mol. The minimum absolute atomic E-state index is 0.987. The van der Waals surface area contributed by atoms with Gasteiger partial charge >= 0.3 is 0 Å². The summed E-state index contributed by atoms with van der Waals surface area (Å²) in [5.41, 5.74) is 4.54. The molecule has 0 spiro atoms. The number of likely N-dealkylation sites (N-methyl/N-ethyl adjacent to an activating group) is 1. The largest absolute Gasteiger partial charge is 0.311 e. The van der Waals surface area contributed by atoms with Crippen molar-refractivity contribution in [2.45, 2.75) is 0 Å². The molecule has 1 saturated heterocycles. The van der Waals surface area contributed by atoms with Crippen molar-refractivity contribution in [3.05, 3.63) is 90.5 Å². The van der Waals surface area contributed by atoms with Crippen LogP contribution in [-0.2, 0) is 0 Å². The molecule has 4 rings (SSSR count). The third kappa shape index (κ3) is 4.41. The number of hydrogen-bond acceptors (Lipinski definition) is 4. The molecule has 0 unspecified atom stereocenters. The fraction of sp³-hybridized carbons (Fsp3) is 0.208. The Morgan fingerprint density at radius 2 is 1.18 bits per heavy atom. The van der Waals surface area contributed by atoms with Gasteiger partial charge in [0.05, 0.1) is 6.21 Å². The van der Waals surface area contributed by atoms with Gasteiger partial charge in [-0.1, -0.05) is 48.5 Å². The van der Waals surface area contributed by atoms with Crippen molar-refractivity contribution < 1.29 is 0 Å². The molecule has 0 atom stereocenters. The van der Waals surface area contributed by atoms with Crippen LogP contribution in [0.15, 0.2) is 90.0 Å². The average Bonchev–Trinajstić information content (AvgIpc) is 2.76. The van der Waals surface area contributed by atoms with Crippen molar-refractivity contribution in [1.29, 1.82) is 0 Å². The molecule has 3 aromatic carbocycles. The Bertz CT molecular complexity index is 843. The van der Waals surface area contributed by atoms with Gasteiger partial charge in [-0.2, -0.15) is 5.10 Å². The van der Waals surface area contributed by atoms with Crippen LogP contribution in [0.2, 0.25) is 0 Å². The van der Waals surface area contributed by atoms with E-state index in [9.17, 15) is 0 Å². The minimum Gasteiger partial charge on any atom is -0.311 e. The van der Waals surface area contributed by atoms with Crippen LogP contribution in [0.5, 0.6) is 0 Å². The second-order valence-corrected chi connectivity index (χ2v) is 7.10. The first-order valence-corrected chi connectivity index (χ1v) is 9.77. The molecule has 3 aromatic rings. The van der Waals surface area contributed by atoms with Crippen LogP contribution in [0.25, 0.3) is 0 Å². The van der Waals surface area contributed by atoms with Crippen molar-refractivity contribution in [1.82, 2.24) is 9.91 Å². The van der Waals surface area contributed by atoms with Crippen LogP contribution < -0.4 is 4.90 Å². The van der Waals surface area contributed by atoms with Crippen molar-refractivity contribution in [3.8, 4) is 0 Å². The van der Waals surface area contributed by atoms with Crippen LogP contribution in [0.1, 0.15) is 5.56 Å². The van der Waals surface area contributed by atoms with Gasteiger partial charge in [-0.15, -0.1) is 0 Å². The van der Waals surface area contributed by atoms with Gasteiger partial charge in [0.25, 0.3) is 0 Å². The highest BCUT2D eigenvalue weighted by atomic mass is 15.5. The first-order valence-electron chi connectivity index (χ1n) is 9.77. The molecule has 1 fully saturated rings. The minimum atomic E-state index is 0.987. The first-order chi connectivity index (χ1) is 13.8. The van der Waals surface area contributed by atoms with Gasteiger partial charge in [-0.25, -0.2) is 0 Å². The number of anilines is 3. The Balaban J connectivity index is 1.55. The molecule has 0 bridgehead atoms. The van der Waals surface area contributed by atoms with E-state index in [2.05, 4.69) is 99.8 Å². The lowest BCUT2D eigenvalue weighted by Gasteiger charge is -2.30. The molecule has 0 aromatic heterocycles. The Morgan fingerprint density at radius 1 is 0.679 bits per heavy atom. The van der Waals surface area contributed by atoms with Gasteiger partial charge < -0.3 is 9.80 Å². The molecular weight excluding hydrogens is 344 g/mol. The molecule has 0 radical (unpaired) electrons. The monoisotopic (exact) mass is 370 g/mol. The SMILES string of the molecule is CN1CCN(/N=C\c2ccc(N(c3ccccc3)c3ccccc3)cc2)CC1. The van der Waals surface area contributed by atoms with Gasteiger partial charge in [0.2, 0.25) is 0 Å². The van der Waals surface area contributed by atoms with Crippen LogP contribution >= 0.6 is 0 Å². The van der Waals surface area contributed by atoms with E-state index >= 15 is 0 Å². The molecule has 28 heavy (non-hydrogen) atoms. The maximum Gasteiger partial charge on any atom is 0.0542 e. The molecular formula is C24H26N4. The Kier molecular flexibility index (Phi) is 5.69. The maximum absolute atomic E-state index is 4.65. The quantitative estimate of drug-likeness (QED) is 0.606. The highest BCUT2D eigenvalue weighted by Gasteiger charge is 2.12. The summed E-state index contributed by atoms with van der Waals surface area (Å²) < 4.78 is 0. The lowest BCUT2D eigenvalue weighted by Crippen LogP contribution is -2.41. The summed E-state index contributed by atoms with van der Waals surface area (Å²) in [5.74, 6) is 0. The number of hydrazone groups is 1. The van der Waals surface area contributed by atoms with Crippen LogP contribution in [0, 0.1) is 0 Å². The van der Waals surface area contributed by atoms with Crippen molar-refractivity contribution >= 4 is 23.3 Å². The maximum atomic E-state index is 4.65. The van der Waals surface area contributed by atoms with E-state index in [1.807, 2.05) is 18.3 Å². The lowest BCUT2D eigenvalue weighted by atomic mass is 10.1. The molecule has 1 heterocycles. The van der Waals surface area contributed by atoms with Crippen molar-refractivity contribution in [2.75, 3.05) is 38.1 Å². The summed E-state index contributed by atoms with van der Waals surface area (Å²) in [5, 5.41) is 6.79. The predicted octanol–water partition coefficient (Wildman–Crippen LogP) is 4.74. The molecule has 1 aliphatic heterocycles. The smallest absolute Gasteiger partial charge is 0.0542 e. The van der Waals surface area contributed by atoms with Gasteiger partial charge in [0, 0.05) is 43.2 Å². The number of nitrogens with zero attached hydrogens (tertiary/aromatic N) is 4. The standard InChI is InChI=1S/C24H26N4/c1-26-16-18-27(19-17-26)25-20-21-12-14-24(15-13-21)28(22-8-4-2-5-9-22)23-10-6-3-7-11-23/h2-15,20H,16-19H2,1H3/b25-20-. The zero-order valence-electron chi connectivity index (χ0n) is 16.3. The van der Waals surface area contributed by atoms with E-state index in [4.69, 9.17) is 0 Å². The van der Waals surface area contributed by atoms with E-state index in [-0.39, 0.29) is 0 Å². The van der Waals surface area contributed by atoms with E-state index in [1.165, 1.54) is 0 Å². The fourth-order valence-electron chi connectivity index (χ4n) is 3.37. The molecule has 0 N–H and O–H groups in total. The summed E-state index contributed by atoms with van der Waals surface area (Å²) in [4.78, 5) is 4.60. The van der Waals surface area contributed by atoms with Crippen LogP contribution in [0.3, 0.4) is 0 Å². The molecule has 142 valence electrons. The number of benzene rings is 3. The zero-order chi connectivity index (χ0) is 19.2. The molecule has 0 amide bonds. The predicted molar refractivity (Wildman–Crippen MR) is 118 cm³/mol. The van der Waals surface area contributed by atoms with E-state index in [0.717, 1.165) is 48.8 Å². The van der Waals surface area contributed by atoms with Gasteiger partial charge in [0.15, 0.2) is 0 Å². The molecule has 4 heteroatoms. The molecule has 0 aliphatic carbocycles. The molecule has 0 saturated carbocycles. The van der Waals surface area contributed by atoms with Gasteiger partial charge in [-0.3, -0.25) is 5.01 Å². The highest BCUT2D eigenvalue weighted by molar-refractivity contribution is 5.82. The summed E-state index contributed by atoms with van der Waals surface area (Å²) in [7, 11) is 2.16. The fourth-order valence-corrected chi connectivity index (χ4v) is 3.37. The van der Waals surface area contributed by atoms with Crippen molar-refractivity contribution in [3.63, 3.8) is 0 Å². The first kappa shape index (κ1) is 18.3. The number of rotatable bonds is 5. The van der Waals surface area contributed by atoms with E-state index in [1.54, 1.807) is 0 Å². The third-order valence-corrected chi connectivity index (χ3v) is 5.03. The van der Waals surface area contributed by atoms with Gasteiger partial charge in [0.1, 0.15) is 0 Å². The number of piperazine rings is 1. The summed E-state index contributed by atoms with van der Waals surface area (Å²) in [6.45, 7) is 4.11. The van der Waals surface area contributed by atoms with Gasteiger partial charge in [-0.05, 0) is 49.0 Å². The molecule has 4 nitrogen and oxygen atoms in total. The second kappa shape index (κ2) is 8.72. The highest BCUT2D eigenvalue weighted by Crippen LogP contribution is 2.33. The van der Waals surface area contributed by atoms with E-state index < -0.39 is 0 Å². The van der Waals surface area contributed by atoms with Crippen LogP contribution in [0.4, 0.5) is 17.1 Å². The van der Waals surface area contributed by atoms with E-state index in [0.29, 0.717) is 0 Å². The lowest BCUT2D eigenvalue weighted by molar-refractivity contribution is 0.159. The summed E-state index contributed by atoms with van der Waals surface area (Å²) >= 11 is 0. The molecule has 1 aliphatic rings. The Hall–Kier alpha value is -3.11. The number of para-hydroxylation sites is 2. The summed E-state index contributed by atoms with van der Waals surface area (Å²) in [6, 6.07) is 29.5. The Labute approximate surface area is 167 Å². The normalized spacial score (nSPS) is 15.1. The van der Waals surface area contributed by atoms with Crippen LogP contribution in [-0.4, -0.2) is 49.4 Å². The Morgan fingerprint density at radius 3 is 1.71 bits per heavy atom. The zero-order valence-corrected chi connectivity index (χ0v) is 16.3. The topological polar surface area (TPSA) is 22.1 Å². The second-order valence-electron chi connectivity index (χ2n) is 7.10. The number of hydrogen-bond donors (Lipinski definition) is 0. The third-order valence-electron chi connectivity index (χ3n) is 5.03. The summed E-state index contributed by atoms with van der Waals surface area (Å²) in [6.07, 6.45) is 1.96. The van der Waals surface area contributed by atoms with Crippen molar-refractivity contribution in [2.24, 2.45) is 5.10 Å².